The molecule has 0 spiro atoms. The molecule has 5 N–H and O–H groups in total. The molecule has 0 radical (unpaired) electrons. The number of benzene rings is 2. The van der Waals surface area contributed by atoms with Gasteiger partial charge >= 0.3 is 0 Å². The Kier molecular flexibility index (Phi) is 24.2. The number of carbonyl (C=O) groups is 5. The summed E-state index contributed by atoms with van der Waals surface area (Å²) in [4.78, 5) is 84.9. The van der Waals surface area contributed by atoms with Crippen LogP contribution in [0.25, 0.3) is 22.5 Å². The van der Waals surface area contributed by atoms with Crippen LogP contribution in [0.3, 0.4) is 0 Å². The number of amides is 4. The van der Waals surface area contributed by atoms with Crippen molar-refractivity contribution in [1.82, 2.24) is 41.0 Å². The Morgan fingerprint density at radius 2 is 1.01 bits per heavy atom. The van der Waals surface area contributed by atoms with E-state index in [0.717, 1.165) is 194 Å². The number of hydrogen-bond donors (Lipinski definition) is 5. The topological polar surface area (TPSA) is 211 Å². The molecule has 18 nitrogen and oxygen atoms in total. The number of aliphatic hydroxyl groups is 1. The molecule has 6 heterocycles. The standard InChI is InChI=1S/C31H45N5O4S2.C31H43N5O4S2/c2*1-41-20-11-25(21-37)32-29(39)31(12-3-2-4-13-31)34-28(38)24-7-5-23(6-8-24)27-22-42-30(33-27)36-14-9-26(10-15-36)35-16-18-40-19-17-35/h5-8,22,25-26,37H,2-4,9-21H2,1H3,(H,32,39)(H,34,38);5-8,21-22,25-26H,2-4,9-20H2,1H3,(H,32,39)(H,34,38)/t2*25-/m00/s1. The third kappa shape index (κ3) is 16.9. The van der Waals surface area contributed by atoms with Crippen LogP contribution in [0.15, 0.2) is 59.3 Å². The first kappa shape index (κ1) is 63.8. The lowest BCUT2D eigenvalue weighted by molar-refractivity contribution is -0.131. The Bertz CT molecular complexity index is 2710. The van der Waals surface area contributed by atoms with Gasteiger partial charge in [0.15, 0.2) is 10.3 Å². The van der Waals surface area contributed by atoms with Gasteiger partial charge in [0.05, 0.1) is 56.5 Å². The number of nitrogens with one attached hydrogen (secondary N) is 4. The molecule has 2 aliphatic carbocycles. The van der Waals surface area contributed by atoms with Gasteiger partial charge in [-0.15, -0.1) is 22.7 Å². The van der Waals surface area contributed by atoms with E-state index in [4.69, 9.17) is 19.4 Å². The second-order valence-corrected chi connectivity index (χ2v) is 26.9. The Labute approximate surface area is 513 Å². The summed E-state index contributed by atoms with van der Waals surface area (Å²) >= 11 is 6.66. The summed E-state index contributed by atoms with van der Waals surface area (Å²) in [6, 6.07) is 15.4. The molecule has 4 aliphatic heterocycles. The quantitative estimate of drug-likeness (QED) is 0.0476. The van der Waals surface area contributed by atoms with E-state index in [0.29, 0.717) is 61.7 Å². The van der Waals surface area contributed by atoms with Crippen LogP contribution in [-0.4, -0.2) is 199 Å². The number of ether oxygens (including phenoxy) is 2. The van der Waals surface area contributed by atoms with Crippen LogP contribution in [0.1, 0.15) is 123 Å². The molecule has 10 rings (SSSR count). The van der Waals surface area contributed by atoms with Crippen molar-refractivity contribution >= 4 is 86.4 Å². The lowest BCUT2D eigenvalue weighted by Crippen LogP contribution is -2.61. The number of rotatable bonds is 22. The van der Waals surface area contributed by atoms with E-state index in [1.54, 1.807) is 58.3 Å². The summed E-state index contributed by atoms with van der Waals surface area (Å²) in [5, 5.41) is 28.1. The Morgan fingerprint density at radius 3 is 1.40 bits per heavy atom. The predicted molar refractivity (Wildman–Crippen MR) is 340 cm³/mol. The van der Waals surface area contributed by atoms with Crippen LogP contribution < -0.4 is 31.1 Å². The van der Waals surface area contributed by atoms with Gasteiger partial charge in [0.2, 0.25) is 11.8 Å². The summed E-state index contributed by atoms with van der Waals surface area (Å²) in [6.07, 6.45) is 18.6. The molecule has 22 heteroatoms. The van der Waals surface area contributed by atoms with E-state index in [1.165, 1.54) is 0 Å². The smallest absolute Gasteiger partial charge is 0.252 e. The zero-order chi connectivity index (χ0) is 58.7. The number of thioether (sulfide) groups is 2. The number of piperidine rings is 2. The maximum atomic E-state index is 13.4. The van der Waals surface area contributed by atoms with Gasteiger partial charge in [-0.25, -0.2) is 9.97 Å². The minimum atomic E-state index is -0.992. The van der Waals surface area contributed by atoms with Crippen LogP contribution in [0.2, 0.25) is 0 Å². The molecule has 0 unspecified atom stereocenters. The maximum absolute atomic E-state index is 13.4. The molecule has 458 valence electrons. The number of aromatic nitrogens is 2. The first-order valence-electron chi connectivity index (χ1n) is 30.6. The summed E-state index contributed by atoms with van der Waals surface area (Å²) in [5.41, 5.74) is 2.86. The zero-order valence-electron chi connectivity index (χ0n) is 49.2. The fourth-order valence-electron chi connectivity index (χ4n) is 12.6. The molecule has 6 aliphatic rings. The Balaban J connectivity index is 0.000000202. The molecular weight excluding hydrogens is 1140 g/mol. The molecule has 84 heavy (non-hydrogen) atoms. The molecule has 2 atom stereocenters. The van der Waals surface area contributed by atoms with E-state index < -0.39 is 17.1 Å². The monoisotopic (exact) mass is 1230 g/mol. The largest absolute Gasteiger partial charge is 0.394 e. The molecule has 4 amide bonds. The van der Waals surface area contributed by atoms with Crippen LogP contribution in [0.5, 0.6) is 0 Å². The number of nitrogens with zero attached hydrogens (tertiary/aromatic N) is 6. The van der Waals surface area contributed by atoms with E-state index in [9.17, 15) is 29.1 Å². The van der Waals surface area contributed by atoms with Crippen LogP contribution in [-0.2, 0) is 23.9 Å². The average Bonchev–Trinajstić information content (AvgIpc) is 4.35. The van der Waals surface area contributed by atoms with Gasteiger partial charge in [0.25, 0.3) is 11.8 Å². The SMILES string of the molecule is CSCC[C@@H](C=O)NC(=O)C1(NC(=O)c2ccc(-c3csc(N4CCC(N5CCOCC5)CC4)n3)cc2)CCCCC1.CSCC[C@@H](CO)NC(=O)C1(NC(=O)c2ccc(-c3csc(N4CCC(N5CCOCC5)CC4)n3)cc2)CCCCC1. The number of morpholine rings is 2. The lowest BCUT2D eigenvalue weighted by atomic mass is 9.80. The first-order chi connectivity index (χ1) is 41.0. The van der Waals surface area contributed by atoms with Gasteiger partial charge in [-0.2, -0.15) is 23.5 Å². The van der Waals surface area contributed by atoms with Gasteiger partial charge in [0, 0.05) is 97.5 Å². The first-order valence-corrected chi connectivity index (χ1v) is 35.1. The normalized spacial score (nSPS) is 20.6. The number of aliphatic hydroxyl groups excluding tert-OH is 1. The summed E-state index contributed by atoms with van der Waals surface area (Å²) in [6.45, 7) is 11.5. The van der Waals surface area contributed by atoms with Gasteiger partial charge in [0.1, 0.15) is 17.4 Å². The van der Waals surface area contributed by atoms with Crippen molar-refractivity contribution < 1.29 is 38.6 Å². The molecule has 0 bridgehead atoms. The van der Waals surface area contributed by atoms with E-state index >= 15 is 0 Å². The lowest BCUT2D eigenvalue weighted by Gasteiger charge is -2.40. The minimum Gasteiger partial charge on any atom is -0.394 e. The minimum absolute atomic E-state index is 0.108. The fraction of sp³-hybridized carbons (Fsp3) is 0.629. The van der Waals surface area contributed by atoms with E-state index in [2.05, 4.69) is 51.6 Å². The highest BCUT2D eigenvalue weighted by molar-refractivity contribution is 7.98. The summed E-state index contributed by atoms with van der Waals surface area (Å²) in [5.74, 6) is 0.678. The molecule has 2 saturated carbocycles. The van der Waals surface area contributed by atoms with Crippen LogP contribution >= 0.6 is 46.2 Å². The molecule has 4 aromatic rings. The second-order valence-electron chi connectivity index (χ2n) is 23.2. The molecular formula is C62H88N10O8S4. The molecule has 2 aromatic heterocycles. The van der Waals surface area contributed by atoms with Crippen LogP contribution in [0.4, 0.5) is 10.3 Å². The molecule has 6 fully saturated rings. The van der Waals surface area contributed by atoms with Crippen molar-refractivity contribution in [3.8, 4) is 22.5 Å². The third-order valence-corrected chi connectivity index (χ3v) is 20.9. The second kappa shape index (κ2) is 31.8. The van der Waals surface area contributed by atoms with E-state index in [-0.39, 0.29) is 36.3 Å². The van der Waals surface area contributed by atoms with Gasteiger partial charge in [-0.05, 0) is 112 Å². The van der Waals surface area contributed by atoms with Crippen molar-refractivity contribution in [2.24, 2.45) is 0 Å². The van der Waals surface area contributed by atoms with Gasteiger partial charge in [-0.3, -0.25) is 29.0 Å². The number of carbonyl (C=O) groups excluding carboxylic acids is 5. The fourth-order valence-corrected chi connectivity index (χ4v) is 15.4. The van der Waals surface area contributed by atoms with Crippen molar-refractivity contribution in [3.63, 3.8) is 0 Å². The number of hydrogen-bond acceptors (Lipinski definition) is 18. The van der Waals surface area contributed by atoms with Crippen molar-refractivity contribution in [2.75, 3.05) is 119 Å². The Morgan fingerprint density at radius 1 is 0.607 bits per heavy atom. The highest BCUT2D eigenvalue weighted by atomic mass is 32.2. The number of aldehydes is 1. The summed E-state index contributed by atoms with van der Waals surface area (Å²) in [7, 11) is 0. The van der Waals surface area contributed by atoms with Crippen molar-refractivity contribution in [1.29, 1.82) is 0 Å². The van der Waals surface area contributed by atoms with E-state index in [1.807, 2.05) is 48.9 Å². The molecule has 4 saturated heterocycles. The maximum Gasteiger partial charge on any atom is 0.252 e. The van der Waals surface area contributed by atoms with Gasteiger partial charge < -0.3 is 50.4 Å². The average molecular weight is 1230 g/mol. The highest BCUT2D eigenvalue weighted by Crippen LogP contribution is 2.35. The van der Waals surface area contributed by atoms with Crippen molar-refractivity contribution in [3.05, 3.63) is 70.4 Å². The van der Waals surface area contributed by atoms with Gasteiger partial charge in [-0.1, -0.05) is 62.8 Å². The predicted octanol–water partition coefficient (Wildman–Crippen LogP) is 7.75. The zero-order valence-corrected chi connectivity index (χ0v) is 52.5. The Hall–Kier alpha value is -4.65. The number of thiazole rings is 2. The number of anilines is 2. The molecule has 2 aromatic carbocycles. The van der Waals surface area contributed by atoms with Crippen LogP contribution in [0, 0.1) is 0 Å². The third-order valence-electron chi connectivity index (χ3n) is 17.8. The highest BCUT2D eigenvalue weighted by Gasteiger charge is 2.43. The summed E-state index contributed by atoms with van der Waals surface area (Å²) < 4.78 is 11.0. The van der Waals surface area contributed by atoms with Crippen molar-refractivity contribution in [2.45, 2.75) is 138 Å².